The lowest BCUT2D eigenvalue weighted by molar-refractivity contribution is 0.240. The Hall–Kier alpha value is -1.10. The van der Waals surface area contributed by atoms with Crippen molar-refractivity contribution < 1.29 is 4.79 Å². The molecule has 2 rings (SSSR count). The molecule has 0 aromatic carbocycles. The van der Waals surface area contributed by atoms with Crippen molar-refractivity contribution >= 4 is 27.8 Å². The zero-order valence-electron chi connectivity index (χ0n) is 9.09. The van der Waals surface area contributed by atoms with Gasteiger partial charge in [-0.25, -0.2) is 9.78 Å². The molecule has 0 bridgehead atoms. The zero-order chi connectivity index (χ0) is 11.5. The van der Waals surface area contributed by atoms with Gasteiger partial charge in [0.15, 0.2) is 0 Å². The minimum atomic E-state index is -0.168. The van der Waals surface area contributed by atoms with E-state index < -0.39 is 0 Å². The summed E-state index contributed by atoms with van der Waals surface area (Å²) in [6.45, 7) is 1.96. The van der Waals surface area contributed by atoms with E-state index in [1.54, 1.807) is 6.20 Å². The van der Waals surface area contributed by atoms with Crippen molar-refractivity contribution in [3.8, 4) is 0 Å². The van der Waals surface area contributed by atoms with Gasteiger partial charge in [0.25, 0.3) is 0 Å². The summed E-state index contributed by atoms with van der Waals surface area (Å²) < 4.78 is 0.942. The molecule has 1 aromatic heterocycles. The largest absolute Gasteiger partial charge is 0.335 e. The summed E-state index contributed by atoms with van der Waals surface area (Å²) in [5, 5.41) is 5.62. The smallest absolute Gasteiger partial charge is 0.320 e. The average molecular weight is 284 g/mol. The molecule has 2 amide bonds. The Labute approximate surface area is 103 Å². The highest BCUT2D eigenvalue weighted by atomic mass is 79.9. The Balaban J connectivity index is 1.92. The first-order chi connectivity index (χ1) is 7.65. The molecule has 0 atom stereocenters. The van der Waals surface area contributed by atoms with Crippen molar-refractivity contribution in [2.24, 2.45) is 0 Å². The normalized spacial score (nSPS) is 15.4. The van der Waals surface area contributed by atoms with Crippen LogP contribution in [0.3, 0.4) is 0 Å². The summed E-state index contributed by atoms with van der Waals surface area (Å²) in [6, 6.07) is 2.01. The first-order valence-electron chi connectivity index (χ1n) is 5.35. The van der Waals surface area contributed by atoms with Crippen molar-refractivity contribution in [3.63, 3.8) is 0 Å². The fourth-order valence-corrected chi connectivity index (χ4v) is 1.71. The Morgan fingerprint density at radius 3 is 2.88 bits per heavy atom. The average Bonchev–Trinajstić information content (AvgIpc) is 2.18. The molecule has 5 heteroatoms. The number of urea groups is 1. The molecule has 0 spiro atoms. The monoisotopic (exact) mass is 283 g/mol. The van der Waals surface area contributed by atoms with E-state index in [-0.39, 0.29) is 6.03 Å². The standard InChI is InChI=1S/C11H14BrN3O/c1-7-5-10(13-6-9(7)12)15-11(16)14-8-3-2-4-8/h5-6,8H,2-4H2,1H3,(H2,13,14,15,16). The number of rotatable bonds is 2. The van der Waals surface area contributed by atoms with E-state index >= 15 is 0 Å². The number of amides is 2. The second kappa shape index (κ2) is 4.82. The van der Waals surface area contributed by atoms with Crippen LogP contribution in [0.15, 0.2) is 16.7 Å². The van der Waals surface area contributed by atoms with Crippen LogP contribution >= 0.6 is 15.9 Å². The molecule has 1 fully saturated rings. The Morgan fingerprint density at radius 1 is 1.56 bits per heavy atom. The molecule has 0 aliphatic heterocycles. The lowest BCUT2D eigenvalue weighted by Gasteiger charge is -2.26. The minimum absolute atomic E-state index is 0.168. The van der Waals surface area contributed by atoms with Gasteiger partial charge in [-0.15, -0.1) is 0 Å². The van der Waals surface area contributed by atoms with Gasteiger partial charge in [-0.2, -0.15) is 0 Å². The molecule has 0 saturated heterocycles. The van der Waals surface area contributed by atoms with E-state index in [4.69, 9.17) is 0 Å². The van der Waals surface area contributed by atoms with Gasteiger partial charge in [0.1, 0.15) is 5.82 Å². The van der Waals surface area contributed by atoms with Crippen LogP contribution in [0.2, 0.25) is 0 Å². The quantitative estimate of drug-likeness (QED) is 0.877. The summed E-state index contributed by atoms with van der Waals surface area (Å²) >= 11 is 3.37. The Kier molecular flexibility index (Phi) is 3.43. The fraction of sp³-hybridized carbons (Fsp3) is 0.455. The molecule has 1 aliphatic carbocycles. The maximum Gasteiger partial charge on any atom is 0.320 e. The number of halogens is 1. The number of nitrogens with zero attached hydrogens (tertiary/aromatic N) is 1. The van der Waals surface area contributed by atoms with Crippen LogP contribution in [0.4, 0.5) is 10.6 Å². The van der Waals surface area contributed by atoms with Crippen LogP contribution in [0.25, 0.3) is 0 Å². The predicted octanol–water partition coefficient (Wildman–Crippen LogP) is 2.83. The molecule has 4 nitrogen and oxygen atoms in total. The van der Waals surface area contributed by atoms with E-state index in [1.807, 2.05) is 13.0 Å². The van der Waals surface area contributed by atoms with Crippen molar-refractivity contribution in [2.75, 3.05) is 5.32 Å². The van der Waals surface area contributed by atoms with Crippen LogP contribution in [-0.4, -0.2) is 17.1 Å². The molecule has 0 radical (unpaired) electrons. The number of anilines is 1. The first-order valence-corrected chi connectivity index (χ1v) is 6.14. The van der Waals surface area contributed by atoms with Gasteiger partial charge in [-0.05, 0) is 53.7 Å². The third-order valence-corrected chi connectivity index (χ3v) is 3.56. The second-order valence-electron chi connectivity index (χ2n) is 4.05. The lowest BCUT2D eigenvalue weighted by atomic mass is 9.93. The van der Waals surface area contributed by atoms with Gasteiger partial charge in [0.05, 0.1) is 0 Å². The van der Waals surface area contributed by atoms with E-state index in [0.717, 1.165) is 22.9 Å². The summed E-state index contributed by atoms with van der Waals surface area (Å²) in [6.07, 6.45) is 5.06. The molecule has 2 N–H and O–H groups in total. The highest BCUT2D eigenvalue weighted by Gasteiger charge is 2.19. The molecular formula is C11H14BrN3O. The Morgan fingerprint density at radius 2 is 2.31 bits per heavy atom. The number of carbonyl (C=O) groups excluding carboxylic acids is 1. The maximum atomic E-state index is 11.5. The van der Waals surface area contributed by atoms with Crippen molar-refractivity contribution in [1.82, 2.24) is 10.3 Å². The third-order valence-electron chi connectivity index (χ3n) is 2.73. The highest BCUT2D eigenvalue weighted by molar-refractivity contribution is 9.10. The van der Waals surface area contributed by atoms with Gasteiger partial charge in [-0.3, -0.25) is 5.32 Å². The number of aryl methyl sites for hydroxylation is 1. The number of hydrogen-bond acceptors (Lipinski definition) is 2. The van der Waals surface area contributed by atoms with Crippen LogP contribution in [0.1, 0.15) is 24.8 Å². The molecule has 1 saturated carbocycles. The van der Waals surface area contributed by atoms with Gasteiger partial charge >= 0.3 is 6.03 Å². The van der Waals surface area contributed by atoms with Crippen LogP contribution in [-0.2, 0) is 0 Å². The van der Waals surface area contributed by atoms with Crippen LogP contribution in [0.5, 0.6) is 0 Å². The number of nitrogens with one attached hydrogen (secondary N) is 2. The van der Waals surface area contributed by atoms with Crippen LogP contribution in [0, 0.1) is 6.92 Å². The highest BCUT2D eigenvalue weighted by Crippen LogP contribution is 2.19. The molecule has 1 aromatic rings. The predicted molar refractivity (Wildman–Crippen MR) is 66.5 cm³/mol. The molecule has 1 aliphatic rings. The summed E-state index contributed by atoms with van der Waals surface area (Å²) in [5.41, 5.74) is 1.05. The van der Waals surface area contributed by atoms with E-state index in [9.17, 15) is 4.79 Å². The molecular weight excluding hydrogens is 270 g/mol. The number of aromatic nitrogens is 1. The molecule has 1 heterocycles. The molecule has 86 valence electrons. The van der Waals surface area contributed by atoms with Gasteiger partial charge in [-0.1, -0.05) is 0 Å². The van der Waals surface area contributed by atoms with Crippen LogP contribution < -0.4 is 10.6 Å². The molecule has 0 unspecified atom stereocenters. The van der Waals surface area contributed by atoms with Crippen molar-refractivity contribution in [3.05, 3.63) is 22.3 Å². The topological polar surface area (TPSA) is 54.0 Å². The first kappa shape index (κ1) is 11.4. The van der Waals surface area contributed by atoms with Gasteiger partial charge in [0.2, 0.25) is 0 Å². The minimum Gasteiger partial charge on any atom is -0.335 e. The second-order valence-corrected chi connectivity index (χ2v) is 4.90. The third kappa shape index (κ3) is 2.72. The SMILES string of the molecule is Cc1cc(NC(=O)NC2CCC2)ncc1Br. The van der Waals surface area contributed by atoms with E-state index in [1.165, 1.54) is 6.42 Å². The number of hydrogen-bond donors (Lipinski definition) is 2. The lowest BCUT2D eigenvalue weighted by Crippen LogP contribution is -2.41. The molecule has 16 heavy (non-hydrogen) atoms. The maximum absolute atomic E-state index is 11.5. The van der Waals surface area contributed by atoms with E-state index in [2.05, 4.69) is 31.5 Å². The Bertz CT molecular complexity index is 404. The van der Waals surface area contributed by atoms with Gasteiger partial charge in [0, 0.05) is 16.7 Å². The van der Waals surface area contributed by atoms with Gasteiger partial charge < -0.3 is 5.32 Å². The fourth-order valence-electron chi connectivity index (χ4n) is 1.50. The number of carbonyl (C=O) groups is 1. The zero-order valence-corrected chi connectivity index (χ0v) is 10.7. The summed E-state index contributed by atoms with van der Waals surface area (Å²) in [5.74, 6) is 0.581. The van der Waals surface area contributed by atoms with E-state index in [0.29, 0.717) is 11.9 Å². The number of pyridine rings is 1. The van der Waals surface area contributed by atoms with Crippen molar-refractivity contribution in [2.45, 2.75) is 32.2 Å². The summed E-state index contributed by atoms with van der Waals surface area (Å²) in [4.78, 5) is 15.6. The summed E-state index contributed by atoms with van der Waals surface area (Å²) in [7, 11) is 0. The van der Waals surface area contributed by atoms with Crippen molar-refractivity contribution in [1.29, 1.82) is 0 Å².